The lowest BCUT2D eigenvalue weighted by Gasteiger charge is -2.19. The highest BCUT2D eigenvalue weighted by atomic mass is 16.3. The second kappa shape index (κ2) is 13.1. The van der Waals surface area contributed by atoms with E-state index in [0.29, 0.717) is 32.1 Å². The van der Waals surface area contributed by atoms with Crippen molar-refractivity contribution < 1.29 is 19.5 Å². The number of amides is 2. The number of unbranched alkanes of at least 4 members (excludes halogenated alkanes) is 1. The number of rotatable bonds is 10. The van der Waals surface area contributed by atoms with E-state index in [1.807, 2.05) is 31.2 Å². The van der Waals surface area contributed by atoms with Crippen molar-refractivity contribution in [2.75, 3.05) is 0 Å². The van der Waals surface area contributed by atoms with Crippen LogP contribution in [0.5, 0.6) is 0 Å². The van der Waals surface area contributed by atoms with Crippen LogP contribution in [0.15, 0.2) is 24.3 Å². The summed E-state index contributed by atoms with van der Waals surface area (Å²) in [5, 5.41) is 12.6. The molecule has 2 N–H and O–H groups in total. The van der Waals surface area contributed by atoms with Gasteiger partial charge in [0.15, 0.2) is 0 Å². The van der Waals surface area contributed by atoms with Crippen molar-refractivity contribution in [2.24, 2.45) is 23.7 Å². The lowest BCUT2D eigenvalue weighted by molar-refractivity contribution is -0.129. The van der Waals surface area contributed by atoms with Gasteiger partial charge in [-0.1, -0.05) is 38.2 Å². The van der Waals surface area contributed by atoms with E-state index in [1.165, 1.54) is 6.92 Å². The number of carbonyl (C=O) groups excluding carboxylic acids is 3. The Morgan fingerprint density at radius 1 is 1.34 bits per heavy atom. The number of hydrogen-bond donors (Lipinski definition) is 2. The number of allylic oxidation sites excluding steroid dienone is 3. The number of Topliss-reactive ketones (excluding diaryl/α,β-unsaturated/α-hetero) is 1. The molecule has 1 fully saturated rings. The third-order valence-corrected chi connectivity index (χ3v) is 5.42. The molecule has 0 radical (unpaired) electrons. The second-order valence-corrected chi connectivity index (χ2v) is 8.02. The molecule has 1 aliphatic carbocycles. The smallest absolute Gasteiger partial charge is 0.226 e. The summed E-state index contributed by atoms with van der Waals surface area (Å²) in [7, 11) is 0. The fourth-order valence-corrected chi connectivity index (χ4v) is 3.64. The minimum absolute atomic E-state index is 0.0588. The molecule has 0 aromatic carbocycles. The topological polar surface area (TPSA) is 83.5 Å². The van der Waals surface area contributed by atoms with Crippen LogP contribution in [0.2, 0.25) is 0 Å². The van der Waals surface area contributed by atoms with Crippen LogP contribution >= 0.6 is 0 Å². The van der Waals surface area contributed by atoms with Gasteiger partial charge in [-0.25, -0.2) is 0 Å². The van der Waals surface area contributed by atoms with Gasteiger partial charge in [-0.2, -0.15) is 0 Å². The zero-order valence-electron chi connectivity index (χ0n) is 18.1. The summed E-state index contributed by atoms with van der Waals surface area (Å²) >= 11 is 0. The fourth-order valence-electron chi connectivity index (χ4n) is 3.64. The van der Waals surface area contributed by atoms with Gasteiger partial charge in [-0.3, -0.25) is 19.7 Å². The minimum Gasteiger partial charge on any atom is -0.389 e. The summed E-state index contributed by atoms with van der Waals surface area (Å²) in [6, 6.07) is 0. The Labute approximate surface area is 175 Å². The quantitative estimate of drug-likeness (QED) is 0.333. The van der Waals surface area contributed by atoms with Crippen molar-refractivity contribution in [2.45, 2.75) is 72.3 Å². The Morgan fingerprint density at radius 2 is 2.07 bits per heavy atom. The highest BCUT2D eigenvalue weighted by Crippen LogP contribution is 2.37. The maximum atomic E-state index is 12.4. The van der Waals surface area contributed by atoms with Crippen LogP contribution in [-0.4, -0.2) is 28.8 Å². The van der Waals surface area contributed by atoms with Crippen LogP contribution in [0.1, 0.15) is 66.2 Å². The van der Waals surface area contributed by atoms with Crippen molar-refractivity contribution in [1.82, 2.24) is 5.32 Å². The molecule has 0 aliphatic heterocycles. The molecule has 5 heteroatoms. The highest BCUT2D eigenvalue weighted by Gasteiger charge is 2.37. The lowest BCUT2D eigenvalue weighted by Crippen LogP contribution is -2.27. The van der Waals surface area contributed by atoms with E-state index in [9.17, 15) is 19.5 Å². The number of carbonyl (C=O) groups is 3. The third kappa shape index (κ3) is 9.23. The number of hydrogen-bond acceptors (Lipinski definition) is 4. The zero-order chi connectivity index (χ0) is 21.8. The molecule has 0 heterocycles. The first kappa shape index (κ1) is 24.8. The van der Waals surface area contributed by atoms with E-state index in [-0.39, 0.29) is 41.3 Å². The van der Waals surface area contributed by atoms with Gasteiger partial charge in [-0.05, 0) is 43.9 Å². The van der Waals surface area contributed by atoms with E-state index >= 15 is 0 Å². The standard InChI is InChI=1S/C24H35NO4/c1-5-6-11-17(2)22(27)15-14-20-18(3)16-23(28)21(20)12-9-7-8-10-13-24(29)25-19(4)26/h7,9,14-15,17-18,20-22,27H,8,10-13,16H2,1-4H3,(H,25,26,29)/b9-7-,15-14+/t17?,18-,20+,21-,22-/m1/s1. The van der Waals surface area contributed by atoms with Crippen LogP contribution in [0, 0.1) is 35.5 Å². The molecule has 0 spiro atoms. The highest BCUT2D eigenvalue weighted by molar-refractivity contribution is 5.93. The number of ketones is 1. The number of imide groups is 1. The average molecular weight is 402 g/mol. The maximum Gasteiger partial charge on any atom is 0.226 e. The maximum absolute atomic E-state index is 12.4. The van der Waals surface area contributed by atoms with Crippen molar-refractivity contribution in [3.05, 3.63) is 24.3 Å². The SMILES string of the molecule is CC#CCC(C)[C@H](O)/C=C/[C@H]1[C@H](C)CC(=O)[C@@H]1C/C=C\CCCC(=O)NC(C)=O. The van der Waals surface area contributed by atoms with E-state index in [0.717, 1.165) is 6.42 Å². The summed E-state index contributed by atoms with van der Waals surface area (Å²) in [5.41, 5.74) is 0. The molecular formula is C24H35NO4. The molecule has 5 nitrogen and oxygen atoms in total. The molecule has 0 aromatic heterocycles. The van der Waals surface area contributed by atoms with E-state index in [4.69, 9.17) is 0 Å². The second-order valence-electron chi connectivity index (χ2n) is 8.02. The molecule has 0 aromatic rings. The van der Waals surface area contributed by atoms with Gasteiger partial charge in [0, 0.05) is 32.1 Å². The van der Waals surface area contributed by atoms with Crippen LogP contribution in [0.3, 0.4) is 0 Å². The van der Waals surface area contributed by atoms with Crippen LogP contribution < -0.4 is 5.32 Å². The monoisotopic (exact) mass is 401 g/mol. The molecular weight excluding hydrogens is 366 g/mol. The van der Waals surface area contributed by atoms with Crippen molar-refractivity contribution in [3.63, 3.8) is 0 Å². The fraction of sp³-hybridized carbons (Fsp3) is 0.625. The van der Waals surface area contributed by atoms with Crippen LogP contribution in [0.4, 0.5) is 0 Å². The molecule has 1 saturated carbocycles. The lowest BCUT2D eigenvalue weighted by atomic mass is 9.86. The van der Waals surface area contributed by atoms with Gasteiger partial charge in [0.2, 0.25) is 11.8 Å². The molecule has 29 heavy (non-hydrogen) atoms. The zero-order valence-corrected chi connectivity index (χ0v) is 18.1. The molecule has 0 saturated heterocycles. The van der Waals surface area contributed by atoms with Gasteiger partial charge < -0.3 is 5.11 Å². The predicted molar refractivity (Wildman–Crippen MR) is 115 cm³/mol. The average Bonchev–Trinajstić information content (AvgIpc) is 2.92. The molecule has 1 rings (SSSR count). The van der Waals surface area contributed by atoms with E-state index in [1.54, 1.807) is 6.92 Å². The van der Waals surface area contributed by atoms with Gasteiger partial charge in [0.05, 0.1) is 6.10 Å². The Kier molecular flexibility index (Phi) is 11.2. The number of aliphatic hydroxyl groups excluding tert-OH is 1. The summed E-state index contributed by atoms with van der Waals surface area (Å²) in [4.78, 5) is 34.6. The third-order valence-electron chi connectivity index (χ3n) is 5.42. The van der Waals surface area contributed by atoms with Gasteiger partial charge in [0.25, 0.3) is 0 Å². The number of aliphatic hydroxyl groups is 1. The van der Waals surface area contributed by atoms with Gasteiger partial charge >= 0.3 is 0 Å². The Hall–Kier alpha value is -2.19. The summed E-state index contributed by atoms with van der Waals surface area (Å²) in [6.07, 6.45) is 10.9. The molecule has 0 bridgehead atoms. The molecule has 160 valence electrons. The molecule has 1 aliphatic rings. The van der Waals surface area contributed by atoms with Crippen molar-refractivity contribution in [3.8, 4) is 11.8 Å². The predicted octanol–water partition coefficient (Wildman–Crippen LogP) is 3.57. The van der Waals surface area contributed by atoms with Gasteiger partial charge in [-0.15, -0.1) is 11.8 Å². The van der Waals surface area contributed by atoms with E-state index < -0.39 is 6.10 Å². The summed E-state index contributed by atoms with van der Waals surface area (Å²) in [6.45, 7) is 7.17. The first-order valence-corrected chi connectivity index (χ1v) is 10.5. The first-order valence-electron chi connectivity index (χ1n) is 10.5. The van der Waals surface area contributed by atoms with Crippen LogP contribution in [-0.2, 0) is 14.4 Å². The van der Waals surface area contributed by atoms with Gasteiger partial charge in [0.1, 0.15) is 5.78 Å². The first-order chi connectivity index (χ1) is 13.8. The van der Waals surface area contributed by atoms with E-state index in [2.05, 4.69) is 24.1 Å². The molecule has 1 unspecified atom stereocenters. The number of nitrogens with one attached hydrogen (secondary N) is 1. The summed E-state index contributed by atoms with van der Waals surface area (Å²) < 4.78 is 0. The van der Waals surface area contributed by atoms with Crippen LogP contribution in [0.25, 0.3) is 0 Å². The van der Waals surface area contributed by atoms with Crippen molar-refractivity contribution >= 4 is 17.6 Å². The normalized spacial score (nSPS) is 23.8. The Morgan fingerprint density at radius 3 is 2.72 bits per heavy atom. The minimum atomic E-state index is -0.559. The molecule has 2 amide bonds. The van der Waals surface area contributed by atoms with Crippen molar-refractivity contribution in [1.29, 1.82) is 0 Å². The molecule has 5 atom stereocenters. The largest absolute Gasteiger partial charge is 0.389 e. The Balaban J connectivity index is 2.52. The Bertz CT molecular complexity index is 683. The summed E-state index contributed by atoms with van der Waals surface area (Å²) in [5.74, 6) is 5.93.